The average Bonchev–Trinajstić information content (AvgIpc) is 3.09. The molecule has 0 aromatic carbocycles. The van der Waals surface area contributed by atoms with Gasteiger partial charge in [0.05, 0.1) is 39.9 Å². The van der Waals surface area contributed by atoms with E-state index in [2.05, 4.69) is 31.3 Å². The number of phosphoric acid groups is 1. The van der Waals surface area contributed by atoms with Gasteiger partial charge in [-0.3, -0.25) is 9.36 Å². The van der Waals surface area contributed by atoms with Gasteiger partial charge in [0.2, 0.25) is 5.91 Å². The van der Waals surface area contributed by atoms with Gasteiger partial charge in [-0.2, -0.15) is 0 Å². The molecule has 308 valence electrons. The number of nitrogens with one attached hydrogen (secondary N) is 1. The van der Waals surface area contributed by atoms with Gasteiger partial charge in [-0.15, -0.1) is 0 Å². The first-order valence-electron chi connectivity index (χ1n) is 21.7. The number of quaternary nitrogens is 1. The van der Waals surface area contributed by atoms with Crippen LogP contribution in [0.3, 0.4) is 0 Å². The van der Waals surface area contributed by atoms with Gasteiger partial charge in [0.25, 0.3) is 7.82 Å². The Balaban J connectivity index is 4.32. The van der Waals surface area contributed by atoms with E-state index >= 15 is 0 Å². The highest BCUT2D eigenvalue weighted by Crippen LogP contribution is 2.38. The molecule has 0 heterocycles. The molecule has 0 aromatic rings. The maximum atomic E-state index is 12.8. The van der Waals surface area contributed by atoms with Crippen LogP contribution in [-0.4, -0.2) is 68.5 Å². The molecule has 1 amide bonds. The SMILES string of the molecule is CCCCCCCCCC/C=C/C(O)C(COP(=O)([O-])OCC[N+](C)(C)C)NC(=O)CCCCCCCCC/C=C\CCCCCCCCCCC. The molecule has 0 rings (SSSR count). The third kappa shape index (κ3) is 37.3. The zero-order valence-electron chi connectivity index (χ0n) is 34.8. The summed E-state index contributed by atoms with van der Waals surface area (Å²) >= 11 is 0. The Morgan fingerprint density at radius 1 is 0.654 bits per heavy atom. The number of unbranched alkanes of at least 4 members (excludes halogenated alkanes) is 24. The van der Waals surface area contributed by atoms with Crippen molar-refractivity contribution in [3.05, 3.63) is 24.3 Å². The average molecular weight is 757 g/mol. The number of carbonyl (C=O) groups is 1. The molecule has 0 aliphatic carbocycles. The maximum Gasteiger partial charge on any atom is 0.268 e. The molecule has 0 fully saturated rings. The van der Waals surface area contributed by atoms with Gasteiger partial charge < -0.3 is 28.8 Å². The minimum atomic E-state index is -4.58. The van der Waals surface area contributed by atoms with Gasteiger partial charge in [-0.1, -0.05) is 167 Å². The number of aliphatic hydroxyl groups excluding tert-OH is 1. The summed E-state index contributed by atoms with van der Waals surface area (Å²) in [7, 11) is 1.26. The molecular weight excluding hydrogens is 671 g/mol. The number of allylic oxidation sites excluding steroid dienone is 3. The molecule has 2 N–H and O–H groups in total. The van der Waals surface area contributed by atoms with Gasteiger partial charge in [0, 0.05) is 6.42 Å². The van der Waals surface area contributed by atoms with Crippen LogP contribution in [0, 0.1) is 0 Å². The summed E-state index contributed by atoms with van der Waals surface area (Å²) in [5, 5.41) is 13.7. The number of hydrogen-bond acceptors (Lipinski definition) is 6. The Morgan fingerprint density at radius 2 is 1.06 bits per heavy atom. The van der Waals surface area contributed by atoms with Gasteiger partial charge in [-0.05, 0) is 44.9 Å². The second-order valence-electron chi connectivity index (χ2n) is 16.0. The van der Waals surface area contributed by atoms with Crippen molar-refractivity contribution in [3.8, 4) is 0 Å². The normalized spacial score (nSPS) is 14.7. The van der Waals surface area contributed by atoms with E-state index in [9.17, 15) is 19.4 Å². The lowest BCUT2D eigenvalue weighted by Crippen LogP contribution is -2.45. The Labute approximate surface area is 322 Å². The number of amides is 1. The molecule has 8 nitrogen and oxygen atoms in total. The molecule has 0 saturated carbocycles. The lowest BCUT2D eigenvalue weighted by atomic mass is 10.1. The van der Waals surface area contributed by atoms with Crippen LogP contribution >= 0.6 is 7.82 Å². The van der Waals surface area contributed by atoms with Gasteiger partial charge in [-0.25, -0.2) is 0 Å². The zero-order valence-corrected chi connectivity index (χ0v) is 35.7. The van der Waals surface area contributed by atoms with Crippen LogP contribution in [-0.2, 0) is 18.4 Å². The summed E-state index contributed by atoms with van der Waals surface area (Å²) < 4.78 is 23.1. The van der Waals surface area contributed by atoms with Crippen molar-refractivity contribution >= 4 is 13.7 Å². The molecule has 3 unspecified atom stereocenters. The number of carbonyl (C=O) groups excluding carboxylic acids is 1. The molecule has 0 aliphatic heterocycles. The molecule has 0 aliphatic rings. The number of hydrogen-bond donors (Lipinski definition) is 2. The number of rotatable bonds is 39. The maximum absolute atomic E-state index is 12.8. The minimum absolute atomic E-state index is 0.00114. The largest absolute Gasteiger partial charge is 0.756 e. The molecule has 52 heavy (non-hydrogen) atoms. The van der Waals surface area contributed by atoms with Crippen molar-refractivity contribution < 1.29 is 32.9 Å². The fourth-order valence-electron chi connectivity index (χ4n) is 6.15. The summed E-state index contributed by atoms with van der Waals surface area (Å²) in [4.78, 5) is 25.2. The summed E-state index contributed by atoms with van der Waals surface area (Å²) in [6.07, 6.45) is 40.8. The van der Waals surface area contributed by atoms with Crippen LogP contribution in [0.4, 0.5) is 0 Å². The monoisotopic (exact) mass is 757 g/mol. The topological polar surface area (TPSA) is 108 Å². The van der Waals surface area contributed by atoms with E-state index in [-0.39, 0.29) is 19.1 Å². The fraction of sp³-hybridized carbons (Fsp3) is 0.884. The van der Waals surface area contributed by atoms with Crippen molar-refractivity contribution in [2.24, 2.45) is 0 Å². The van der Waals surface area contributed by atoms with E-state index in [0.29, 0.717) is 17.4 Å². The number of nitrogens with zero attached hydrogens (tertiary/aromatic N) is 1. The van der Waals surface area contributed by atoms with Crippen molar-refractivity contribution in [1.29, 1.82) is 0 Å². The lowest BCUT2D eigenvalue weighted by Gasteiger charge is -2.29. The molecule has 0 radical (unpaired) electrons. The Morgan fingerprint density at radius 3 is 1.50 bits per heavy atom. The van der Waals surface area contributed by atoms with Crippen LogP contribution in [0.25, 0.3) is 0 Å². The predicted octanol–water partition coefficient (Wildman–Crippen LogP) is 11.1. The van der Waals surface area contributed by atoms with Crippen molar-refractivity contribution in [1.82, 2.24) is 5.32 Å². The van der Waals surface area contributed by atoms with Crippen molar-refractivity contribution in [2.75, 3.05) is 40.9 Å². The standard InChI is InChI=1S/C43H85N2O6P/c1-6-8-10-12-14-16-18-19-20-21-22-23-24-25-26-27-29-31-33-35-37-43(47)44-41(40-51-52(48,49)50-39-38-45(3,4)5)42(46)36-34-32-30-28-17-15-13-11-9-7-2/h22-23,34,36,41-42,46H,6-21,24-33,35,37-40H2,1-5H3,(H-,44,47,48,49)/b23-22-,36-34+. The Bertz CT molecular complexity index is 907. The smallest absolute Gasteiger partial charge is 0.268 e. The summed E-state index contributed by atoms with van der Waals surface area (Å²) in [6.45, 7) is 4.62. The van der Waals surface area contributed by atoms with E-state index in [1.807, 2.05) is 27.2 Å². The fourth-order valence-corrected chi connectivity index (χ4v) is 6.87. The molecule has 0 aromatic heterocycles. The van der Waals surface area contributed by atoms with Crippen molar-refractivity contribution in [3.63, 3.8) is 0 Å². The van der Waals surface area contributed by atoms with Crippen LogP contribution in [0.15, 0.2) is 24.3 Å². The van der Waals surface area contributed by atoms with Crippen LogP contribution in [0.2, 0.25) is 0 Å². The van der Waals surface area contributed by atoms with Crippen molar-refractivity contribution in [2.45, 2.75) is 206 Å². The van der Waals surface area contributed by atoms with Gasteiger partial charge in [0.15, 0.2) is 0 Å². The number of phosphoric ester groups is 1. The van der Waals surface area contributed by atoms with Crippen LogP contribution in [0.1, 0.15) is 194 Å². The summed E-state index contributed by atoms with van der Waals surface area (Å²) in [5.41, 5.74) is 0. The quantitative estimate of drug-likeness (QED) is 0.0280. The summed E-state index contributed by atoms with van der Waals surface area (Å²) in [6, 6.07) is -0.884. The first-order valence-corrected chi connectivity index (χ1v) is 23.2. The second-order valence-corrected chi connectivity index (χ2v) is 17.5. The first-order chi connectivity index (χ1) is 25.0. The van der Waals surface area contributed by atoms with E-state index < -0.39 is 20.0 Å². The third-order valence-electron chi connectivity index (χ3n) is 9.66. The minimum Gasteiger partial charge on any atom is -0.756 e. The Kier molecular flexibility index (Phi) is 35.0. The van der Waals surface area contributed by atoms with Crippen LogP contribution < -0.4 is 10.2 Å². The van der Waals surface area contributed by atoms with Gasteiger partial charge in [0.1, 0.15) is 13.2 Å². The number of likely N-dealkylation sites (N-methyl/N-ethyl adjacent to an activating group) is 1. The van der Waals surface area contributed by atoms with E-state index in [0.717, 1.165) is 38.5 Å². The summed E-state index contributed by atoms with van der Waals surface area (Å²) in [5.74, 6) is -0.204. The van der Waals surface area contributed by atoms with Gasteiger partial charge >= 0.3 is 0 Å². The highest BCUT2D eigenvalue weighted by atomic mass is 31.2. The third-order valence-corrected chi connectivity index (χ3v) is 10.6. The number of aliphatic hydroxyl groups is 1. The van der Waals surface area contributed by atoms with Crippen LogP contribution in [0.5, 0.6) is 0 Å². The molecule has 3 atom stereocenters. The first kappa shape index (κ1) is 51.0. The predicted molar refractivity (Wildman–Crippen MR) is 219 cm³/mol. The highest BCUT2D eigenvalue weighted by molar-refractivity contribution is 7.45. The zero-order chi connectivity index (χ0) is 38.6. The van der Waals surface area contributed by atoms with E-state index in [1.165, 1.54) is 135 Å². The molecular formula is C43H85N2O6P. The highest BCUT2D eigenvalue weighted by Gasteiger charge is 2.23. The molecule has 0 saturated heterocycles. The van der Waals surface area contributed by atoms with E-state index in [1.54, 1.807) is 6.08 Å². The second kappa shape index (κ2) is 35.7. The molecule has 0 spiro atoms. The van der Waals surface area contributed by atoms with E-state index in [4.69, 9.17) is 9.05 Å². The lowest BCUT2D eigenvalue weighted by molar-refractivity contribution is -0.870. The molecule has 0 bridgehead atoms. The molecule has 9 heteroatoms. The Hall–Kier alpha value is -1.02.